The molecule has 0 unspecified atom stereocenters. The number of rotatable bonds is 8. The standard InChI is InChI=1S/C15H31NSi/c1-4-13-17(6-3,14-5-2)15-12-16-10-8-7-9-11-16/h6H,3-5,7-15H2,1-2H3. The van der Waals surface area contributed by atoms with Crippen LogP contribution in [0, 0.1) is 0 Å². The van der Waals surface area contributed by atoms with Gasteiger partial charge >= 0.3 is 0 Å². The van der Waals surface area contributed by atoms with E-state index in [0.29, 0.717) is 0 Å². The highest BCUT2D eigenvalue weighted by molar-refractivity contribution is 6.84. The molecular formula is C15H31NSi. The molecule has 1 nitrogen and oxygen atoms in total. The summed E-state index contributed by atoms with van der Waals surface area (Å²) in [6.07, 6.45) is 6.98. The Hall–Kier alpha value is -0.0831. The van der Waals surface area contributed by atoms with E-state index >= 15 is 0 Å². The van der Waals surface area contributed by atoms with Crippen LogP contribution in [0.4, 0.5) is 0 Å². The molecule has 1 fully saturated rings. The first-order valence-electron chi connectivity index (χ1n) is 7.62. The van der Waals surface area contributed by atoms with E-state index in [0.717, 1.165) is 0 Å². The summed E-state index contributed by atoms with van der Waals surface area (Å²) >= 11 is 0. The summed E-state index contributed by atoms with van der Waals surface area (Å²) < 4.78 is 0. The minimum Gasteiger partial charge on any atom is -0.304 e. The molecule has 0 N–H and O–H groups in total. The van der Waals surface area contributed by atoms with Crippen molar-refractivity contribution in [1.29, 1.82) is 0 Å². The number of piperidine rings is 1. The first-order valence-corrected chi connectivity index (χ1v) is 10.3. The van der Waals surface area contributed by atoms with E-state index in [1.807, 2.05) is 0 Å². The van der Waals surface area contributed by atoms with Gasteiger partial charge in [0.1, 0.15) is 0 Å². The summed E-state index contributed by atoms with van der Waals surface area (Å²) in [4.78, 5) is 2.69. The van der Waals surface area contributed by atoms with Gasteiger partial charge in [0.2, 0.25) is 0 Å². The first-order chi connectivity index (χ1) is 8.26. The second-order valence-electron chi connectivity index (χ2n) is 5.72. The van der Waals surface area contributed by atoms with E-state index in [1.54, 1.807) is 0 Å². The molecule has 0 aromatic heterocycles. The molecule has 0 saturated carbocycles. The Morgan fingerprint density at radius 1 is 1.00 bits per heavy atom. The van der Waals surface area contributed by atoms with Gasteiger partial charge in [0, 0.05) is 0 Å². The van der Waals surface area contributed by atoms with E-state index in [1.165, 1.54) is 69.9 Å². The van der Waals surface area contributed by atoms with Crippen LogP contribution in [0.3, 0.4) is 0 Å². The lowest BCUT2D eigenvalue weighted by Gasteiger charge is -2.33. The van der Waals surface area contributed by atoms with Crippen molar-refractivity contribution in [2.45, 2.75) is 64.1 Å². The summed E-state index contributed by atoms with van der Waals surface area (Å²) in [6.45, 7) is 12.9. The maximum Gasteiger partial charge on any atom is 0.0782 e. The molecule has 1 rings (SSSR count). The van der Waals surface area contributed by atoms with Crippen LogP contribution in [0.25, 0.3) is 0 Å². The fourth-order valence-corrected chi connectivity index (χ4v) is 7.36. The molecule has 0 aromatic carbocycles. The molecule has 0 aliphatic carbocycles. The minimum absolute atomic E-state index is 1.13. The predicted octanol–water partition coefficient (Wildman–Crippen LogP) is 4.47. The molecule has 1 aliphatic heterocycles. The zero-order valence-corrected chi connectivity index (χ0v) is 13.0. The Morgan fingerprint density at radius 3 is 2.06 bits per heavy atom. The summed E-state index contributed by atoms with van der Waals surface area (Å²) in [7, 11) is -1.13. The summed E-state index contributed by atoms with van der Waals surface area (Å²) in [5, 5.41) is 0. The fraction of sp³-hybridized carbons (Fsp3) is 0.867. The Labute approximate surface area is 109 Å². The Morgan fingerprint density at radius 2 is 1.59 bits per heavy atom. The highest BCUT2D eigenvalue weighted by atomic mass is 28.3. The lowest BCUT2D eigenvalue weighted by molar-refractivity contribution is 0.239. The van der Waals surface area contributed by atoms with Gasteiger partial charge in [0.05, 0.1) is 8.07 Å². The molecule has 0 amide bonds. The van der Waals surface area contributed by atoms with Crippen LogP contribution in [0.2, 0.25) is 18.1 Å². The zero-order valence-electron chi connectivity index (χ0n) is 12.0. The topological polar surface area (TPSA) is 3.24 Å². The van der Waals surface area contributed by atoms with Gasteiger partial charge < -0.3 is 4.90 Å². The van der Waals surface area contributed by atoms with Gasteiger partial charge in [-0.15, -0.1) is 12.3 Å². The highest BCUT2D eigenvalue weighted by Gasteiger charge is 2.27. The van der Waals surface area contributed by atoms with Crippen molar-refractivity contribution in [3.05, 3.63) is 12.3 Å². The van der Waals surface area contributed by atoms with E-state index in [9.17, 15) is 0 Å². The van der Waals surface area contributed by atoms with Crippen LogP contribution in [0.5, 0.6) is 0 Å². The van der Waals surface area contributed by atoms with Gasteiger partial charge in [0.25, 0.3) is 0 Å². The lowest BCUT2D eigenvalue weighted by atomic mass is 10.1. The Balaban J connectivity index is 2.43. The third-order valence-electron chi connectivity index (χ3n) is 4.30. The highest BCUT2D eigenvalue weighted by Crippen LogP contribution is 2.26. The van der Waals surface area contributed by atoms with E-state index in [4.69, 9.17) is 0 Å². The monoisotopic (exact) mass is 253 g/mol. The maximum absolute atomic E-state index is 4.18. The predicted molar refractivity (Wildman–Crippen MR) is 81.2 cm³/mol. The summed E-state index contributed by atoms with van der Waals surface area (Å²) in [5.74, 6) is 0. The van der Waals surface area contributed by atoms with Gasteiger partial charge in [-0.05, 0) is 38.5 Å². The van der Waals surface area contributed by atoms with Crippen LogP contribution in [-0.4, -0.2) is 32.6 Å². The molecule has 0 atom stereocenters. The maximum atomic E-state index is 4.18. The van der Waals surface area contributed by atoms with Crippen LogP contribution in [0.1, 0.15) is 46.0 Å². The summed E-state index contributed by atoms with van der Waals surface area (Å²) in [5.41, 5.74) is 2.39. The molecule has 0 radical (unpaired) electrons. The smallest absolute Gasteiger partial charge is 0.0782 e. The molecule has 2 heteroatoms. The molecule has 0 aromatic rings. The van der Waals surface area contributed by atoms with Crippen LogP contribution in [-0.2, 0) is 0 Å². The molecule has 1 aliphatic rings. The van der Waals surface area contributed by atoms with Gasteiger partial charge in [-0.25, -0.2) is 0 Å². The van der Waals surface area contributed by atoms with Gasteiger partial charge in [-0.2, -0.15) is 0 Å². The van der Waals surface area contributed by atoms with Crippen molar-refractivity contribution >= 4 is 8.07 Å². The second kappa shape index (κ2) is 8.10. The van der Waals surface area contributed by atoms with Gasteiger partial charge in [-0.1, -0.05) is 45.2 Å². The third kappa shape index (κ3) is 4.97. The largest absolute Gasteiger partial charge is 0.304 e. The quantitative estimate of drug-likeness (QED) is 0.577. The van der Waals surface area contributed by atoms with Crippen molar-refractivity contribution in [2.75, 3.05) is 19.6 Å². The van der Waals surface area contributed by atoms with Crippen molar-refractivity contribution in [3.63, 3.8) is 0 Å². The van der Waals surface area contributed by atoms with Gasteiger partial charge in [0.15, 0.2) is 0 Å². The second-order valence-corrected chi connectivity index (χ2v) is 10.4. The average molecular weight is 254 g/mol. The van der Waals surface area contributed by atoms with E-state index in [-0.39, 0.29) is 0 Å². The van der Waals surface area contributed by atoms with Crippen molar-refractivity contribution in [1.82, 2.24) is 4.90 Å². The lowest BCUT2D eigenvalue weighted by Crippen LogP contribution is -2.38. The SMILES string of the molecule is C=C[Si](CCC)(CCC)CCN1CCCCC1. The molecule has 1 saturated heterocycles. The van der Waals surface area contributed by atoms with E-state index < -0.39 is 8.07 Å². The van der Waals surface area contributed by atoms with Gasteiger partial charge in [-0.3, -0.25) is 0 Å². The fourth-order valence-electron chi connectivity index (χ4n) is 3.24. The molecule has 17 heavy (non-hydrogen) atoms. The molecular weight excluding hydrogens is 222 g/mol. The minimum atomic E-state index is -1.13. The molecule has 0 bridgehead atoms. The molecule has 0 spiro atoms. The number of hydrogen-bond donors (Lipinski definition) is 0. The van der Waals surface area contributed by atoms with E-state index in [2.05, 4.69) is 31.0 Å². The summed E-state index contributed by atoms with van der Waals surface area (Å²) in [6, 6.07) is 4.37. The Kier molecular flexibility index (Phi) is 7.13. The Bertz CT molecular complexity index is 203. The zero-order chi connectivity index (χ0) is 12.6. The van der Waals surface area contributed by atoms with Crippen LogP contribution < -0.4 is 0 Å². The normalized spacial score (nSPS) is 18.2. The third-order valence-corrected chi connectivity index (χ3v) is 9.38. The van der Waals surface area contributed by atoms with Crippen molar-refractivity contribution in [2.24, 2.45) is 0 Å². The van der Waals surface area contributed by atoms with Crippen molar-refractivity contribution < 1.29 is 0 Å². The number of nitrogens with zero attached hydrogens (tertiary/aromatic N) is 1. The average Bonchev–Trinajstić information content (AvgIpc) is 2.38. The molecule has 100 valence electrons. The number of likely N-dealkylation sites (tertiary alicyclic amines) is 1. The van der Waals surface area contributed by atoms with Crippen molar-refractivity contribution in [3.8, 4) is 0 Å². The van der Waals surface area contributed by atoms with Crippen LogP contribution >= 0.6 is 0 Å². The first kappa shape index (κ1) is 15.0. The molecule has 1 heterocycles. The number of hydrogen-bond acceptors (Lipinski definition) is 1. The van der Waals surface area contributed by atoms with Crippen LogP contribution in [0.15, 0.2) is 12.3 Å².